The molecule has 0 bridgehead atoms. The van der Waals surface area contributed by atoms with Gasteiger partial charge in [-0.25, -0.2) is 4.98 Å². The van der Waals surface area contributed by atoms with E-state index in [-0.39, 0.29) is 5.91 Å². The summed E-state index contributed by atoms with van der Waals surface area (Å²) in [5.41, 5.74) is 1.22. The van der Waals surface area contributed by atoms with Crippen LogP contribution in [-0.2, 0) is 6.42 Å². The fourth-order valence-corrected chi connectivity index (χ4v) is 2.33. The molecule has 6 heteroatoms. The van der Waals surface area contributed by atoms with Crippen LogP contribution >= 0.6 is 34.8 Å². The second-order valence-corrected chi connectivity index (χ2v) is 5.32. The first-order valence-electron chi connectivity index (χ1n) is 5.91. The van der Waals surface area contributed by atoms with E-state index in [9.17, 15) is 4.79 Å². The number of nitrogens with one attached hydrogen (secondary N) is 1. The maximum atomic E-state index is 11.8. The van der Waals surface area contributed by atoms with Crippen molar-refractivity contribution in [3.63, 3.8) is 0 Å². The van der Waals surface area contributed by atoms with E-state index in [4.69, 9.17) is 34.8 Å². The van der Waals surface area contributed by atoms with Crippen LogP contribution in [0.2, 0.25) is 15.2 Å². The minimum absolute atomic E-state index is 0.266. The van der Waals surface area contributed by atoms with E-state index >= 15 is 0 Å². The monoisotopic (exact) mass is 328 g/mol. The molecule has 0 spiro atoms. The summed E-state index contributed by atoms with van der Waals surface area (Å²) in [5, 5.41) is 4.23. The standard InChI is InChI=1S/C14H11Cl3N2O/c15-10-5-4-9(11(16)8-10)6-7-18-14(20)12-2-1-3-13(17)19-12/h1-5,8H,6-7H2,(H,18,20). The van der Waals surface area contributed by atoms with Crippen LogP contribution in [0.25, 0.3) is 0 Å². The molecule has 1 aromatic heterocycles. The second-order valence-electron chi connectivity index (χ2n) is 4.09. The molecule has 3 nitrogen and oxygen atoms in total. The first-order chi connectivity index (χ1) is 9.56. The zero-order valence-electron chi connectivity index (χ0n) is 10.4. The van der Waals surface area contributed by atoms with Crippen LogP contribution in [-0.4, -0.2) is 17.4 Å². The average molecular weight is 330 g/mol. The van der Waals surface area contributed by atoms with Gasteiger partial charge < -0.3 is 5.32 Å². The number of rotatable bonds is 4. The largest absolute Gasteiger partial charge is 0.350 e. The number of hydrogen-bond acceptors (Lipinski definition) is 2. The minimum atomic E-state index is -0.266. The van der Waals surface area contributed by atoms with Gasteiger partial charge in [0.1, 0.15) is 10.8 Å². The number of benzene rings is 1. The highest BCUT2D eigenvalue weighted by Crippen LogP contribution is 2.21. The molecule has 0 fully saturated rings. The molecule has 1 amide bonds. The molecular weight excluding hydrogens is 319 g/mol. The predicted molar refractivity (Wildman–Crippen MR) is 81.7 cm³/mol. The number of nitrogens with zero attached hydrogens (tertiary/aromatic N) is 1. The molecule has 0 saturated carbocycles. The molecule has 104 valence electrons. The SMILES string of the molecule is O=C(NCCc1ccc(Cl)cc1Cl)c1cccc(Cl)n1. The quantitative estimate of drug-likeness (QED) is 0.861. The molecule has 1 N–H and O–H groups in total. The van der Waals surface area contributed by atoms with Gasteiger partial charge >= 0.3 is 0 Å². The molecule has 0 unspecified atom stereocenters. The summed E-state index contributed by atoms with van der Waals surface area (Å²) in [6.45, 7) is 0.453. The summed E-state index contributed by atoms with van der Waals surface area (Å²) in [5.74, 6) is -0.266. The van der Waals surface area contributed by atoms with Crippen molar-refractivity contribution in [2.45, 2.75) is 6.42 Å². The summed E-state index contributed by atoms with van der Waals surface area (Å²) in [7, 11) is 0. The van der Waals surface area contributed by atoms with Gasteiger partial charge in [0, 0.05) is 16.6 Å². The molecule has 2 rings (SSSR count). The molecule has 0 saturated heterocycles. The van der Waals surface area contributed by atoms with Crippen molar-refractivity contribution in [3.8, 4) is 0 Å². The van der Waals surface area contributed by atoms with Crippen LogP contribution < -0.4 is 5.32 Å². The Labute approximate surface area is 131 Å². The van der Waals surface area contributed by atoms with Crippen LogP contribution in [0.15, 0.2) is 36.4 Å². The van der Waals surface area contributed by atoms with E-state index in [1.54, 1.807) is 30.3 Å². The van der Waals surface area contributed by atoms with Crippen molar-refractivity contribution >= 4 is 40.7 Å². The van der Waals surface area contributed by atoms with Gasteiger partial charge in [-0.3, -0.25) is 4.79 Å². The number of carbonyl (C=O) groups excluding carboxylic acids is 1. The maximum absolute atomic E-state index is 11.8. The Bertz CT molecular complexity index is 632. The molecule has 0 aliphatic heterocycles. The third-order valence-corrected chi connectivity index (χ3v) is 3.44. The summed E-state index contributed by atoms with van der Waals surface area (Å²) in [6, 6.07) is 10.2. The van der Waals surface area contributed by atoms with Crippen LogP contribution in [0.5, 0.6) is 0 Å². The number of aromatic nitrogens is 1. The van der Waals surface area contributed by atoms with E-state index < -0.39 is 0 Å². The predicted octanol–water partition coefficient (Wildman–Crippen LogP) is 4.01. The molecular formula is C14H11Cl3N2O. The third kappa shape index (κ3) is 4.10. The third-order valence-electron chi connectivity index (χ3n) is 2.64. The molecule has 0 aliphatic carbocycles. The highest BCUT2D eigenvalue weighted by Gasteiger charge is 2.07. The Balaban J connectivity index is 1.91. The molecule has 20 heavy (non-hydrogen) atoms. The highest BCUT2D eigenvalue weighted by atomic mass is 35.5. The lowest BCUT2D eigenvalue weighted by Gasteiger charge is -2.07. The summed E-state index contributed by atoms with van der Waals surface area (Å²) in [6.07, 6.45) is 0.613. The first-order valence-corrected chi connectivity index (χ1v) is 7.04. The maximum Gasteiger partial charge on any atom is 0.269 e. The van der Waals surface area contributed by atoms with Crippen molar-refractivity contribution in [2.24, 2.45) is 0 Å². The molecule has 1 heterocycles. The highest BCUT2D eigenvalue weighted by molar-refractivity contribution is 6.35. The lowest BCUT2D eigenvalue weighted by molar-refractivity contribution is 0.0949. The lowest BCUT2D eigenvalue weighted by Crippen LogP contribution is -2.26. The van der Waals surface area contributed by atoms with Gasteiger partial charge in [-0.05, 0) is 36.2 Å². The Hall–Kier alpha value is -1.29. The number of amides is 1. The Kier molecular flexibility index (Phi) is 5.24. The van der Waals surface area contributed by atoms with Gasteiger partial charge in [0.15, 0.2) is 0 Å². The Morgan fingerprint density at radius 2 is 1.95 bits per heavy atom. The number of halogens is 3. The summed E-state index contributed by atoms with van der Waals surface area (Å²) < 4.78 is 0. The fourth-order valence-electron chi connectivity index (χ4n) is 1.66. The smallest absolute Gasteiger partial charge is 0.269 e. The van der Waals surface area contributed by atoms with Gasteiger partial charge in [-0.2, -0.15) is 0 Å². The van der Waals surface area contributed by atoms with E-state index in [1.807, 2.05) is 6.07 Å². The van der Waals surface area contributed by atoms with Crippen LogP contribution in [0.3, 0.4) is 0 Å². The number of pyridine rings is 1. The van der Waals surface area contributed by atoms with Crippen molar-refractivity contribution in [3.05, 3.63) is 62.9 Å². The van der Waals surface area contributed by atoms with Crippen LogP contribution in [0.1, 0.15) is 16.1 Å². The second kappa shape index (κ2) is 6.93. The zero-order chi connectivity index (χ0) is 14.5. The average Bonchev–Trinajstić information content (AvgIpc) is 2.41. The molecule has 0 atom stereocenters. The van der Waals surface area contributed by atoms with E-state index in [0.717, 1.165) is 5.56 Å². The number of carbonyl (C=O) groups is 1. The zero-order valence-corrected chi connectivity index (χ0v) is 12.6. The van der Waals surface area contributed by atoms with Gasteiger partial charge in [-0.15, -0.1) is 0 Å². The van der Waals surface area contributed by atoms with E-state index in [1.165, 1.54) is 0 Å². The Morgan fingerprint density at radius 1 is 1.15 bits per heavy atom. The topological polar surface area (TPSA) is 42.0 Å². The molecule has 2 aromatic rings. The fraction of sp³-hybridized carbons (Fsp3) is 0.143. The van der Waals surface area contributed by atoms with E-state index in [0.29, 0.717) is 33.9 Å². The van der Waals surface area contributed by atoms with Crippen molar-refractivity contribution in [1.29, 1.82) is 0 Å². The van der Waals surface area contributed by atoms with Crippen molar-refractivity contribution in [2.75, 3.05) is 6.54 Å². The molecule has 0 radical (unpaired) electrons. The van der Waals surface area contributed by atoms with Crippen molar-refractivity contribution < 1.29 is 4.79 Å². The number of hydrogen-bond donors (Lipinski definition) is 1. The lowest BCUT2D eigenvalue weighted by atomic mass is 10.1. The minimum Gasteiger partial charge on any atom is -0.350 e. The summed E-state index contributed by atoms with van der Waals surface area (Å²) in [4.78, 5) is 15.8. The van der Waals surface area contributed by atoms with Gasteiger partial charge in [0.05, 0.1) is 0 Å². The van der Waals surface area contributed by atoms with E-state index in [2.05, 4.69) is 10.3 Å². The van der Waals surface area contributed by atoms with Gasteiger partial charge in [0.2, 0.25) is 0 Å². The Morgan fingerprint density at radius 3 is 2.65 bits per heavy atom. The van der Waals surface area contributed by atoms with Crippen molar-refractivity contribution in [1.82, 2.24) is 10.3 Å². The summed E-state index contributed by atoms with van der Waals surface area (Å²) >= 11 is 17.6. The normalized spacial score (nSPS) is 10.3. The molecule has 1 aromatic carbocycles. The van der Waals surface area contributed by atoms with Gasteiger partial charge in [0.25, 0.3) is 5.91 Å². The van der Waals surface area contributed by atoms with Gasteiger partial charge in [-0.1, -0.05) is 46.9 Å². The van der Waals surface area contributed by atoms with Crippen LogP contribution in [0.4, 0.5) is 0 Å². The first kappa shape index (κ1) is 15.1. The molecule has 0 aliphatic rings. The van der Waals surface area contributed by atoms with Crippen LogP contribution in [0, 0.1) is 0 Å².